The lowest BCUT2D eigenvalue weighted by molar-refractivity contribution is -0.149. The minimum Gasteiger partial charge on any atom is -0.479 e. The Morgan fingerprint density at radius 3 is 1.36 bits per heavy atom. The zero-order valence-electron chi connectivity index (χ0n) is 53.9. The molecule has 0 radical (unpaired) electrons. The molecule has 0 spiro atoms. The maximum atomic E-state index is 13.5. The fourth-order valence-corrected chi connectivity index (χ4v) is 13.3. The highest BCUT2D eigenvalue weighted by Gasteiger charge is 2.50. The number of nitrogens with zero attached hydrogens (tertiary/aromatic N) is 15. The number of rotatable bonds is 16. The molecule has 0 bridgehead atoms. The van der Waals surface area contributed by atoms with E-state index in [2.05, 4.69) is 61.8 Å². The van der Waals surface area contributed by atoms with Gasteiger partial charge >= 0.3 is 5.97 Å². The Hall–Kier alpha value is -9.57. The van der Waals surface area contributed by atoms with E-state index in [-0.39, 0.29) is 25.0 Å². The minimum absolute atomic E-state index is 0. The Morgan fingerprint density at radius 1 is 0.625 bits per heavy atom. The van der Waals surface area contributed by atoms with E-state index in [1.165, 1.54) is 59.8 Å². The quantitative estimate of drug-likeness (QED) is 0.0699. The lowest BCUT2D eigenvalue weighted by Crippen LogP contribution is -2.45. The number of carbonyl (C=O) groups excluding carboxylic acids is 1. The summed E-state index contributed by atoms with van der Waals surface area (Å²) in [6.45, 7) is 7.58. The first-order chi connectivity index (χ1) is 46.4. The van der Waals surface area contributed by atoms with Crippen molar-refractivity contribution in [3.8, 4) is 56.9 Å². The predicted molar refractivity (Wildman–Crippen MR) is 364 cm³/mol. The number of fused-ring (bicyclic) bond motifs is 2. The molecule has 2 aliphatic heterocycles. The second-order valence-corrected chi connectivity index (χ2v) is 25.9. The number of piperidine rings is 2. The number of benzene rings is 2. The van der Waals surface area contributed by atoms with Crippen molar-refractivity contribution in [2.45, 2.75) is 110 Å². The Kier molecular flexibility index (Phi) is 21.2. The summed E-state index contributed by atoms with van der Waals surface area (Å²) < 4.78 is 46.6. The first-order valence-corrected chi connectivity index (χ1v) is 33.0. The molecule has 4 aliphatic rings. The van der Waals surface area contributed by atoms with Crippen LogP contribution in [-0.4, -0.2) is 139 Å². The zero-order valence-corrected chi connectivity index (χ0v) is 54.5. The molecule has 10 heterocycles. The van der Waals surface area contributed by atoms with Crippen LogP contribution < -0.4 is 15.1 Å². The molecule has 4 N–H and O–H groups in total. The molecule has 4 fully saturated rings. The number of carboxylic acid groups (broad SMARTS) is 1. The van der Waals surface area contributed by atoms with E-state index in [9.17, 15) is 38.4 Å². The highest BCUT2D eigenvalue weighted by Crippen LogP contribution is 2.41. The zero-order chi connectivity index (χ0) is 67.8. The molecule has 2 saturated heterocycles. The van der Waals surface area contributed by atoms with Crippen LogP contribution in [0.4, 0.5) is 35.1 Å². The minimum atomic E-state index is -1.33. The number of alkyl halides is 1. The number of nitrogens with one attached hydrogen (secondary N) is 1. The number of aliphatic carboxylic acids is 1. The molecular weight excluding hydrogens is 1270 g/mol. The van der Waals surface area contributed by atoms with Crippen LogP contribution in [0.25, 0.3) is 56.1 Å². The number of nitriles is 2. The van der Waals surface area contributed by atoms with Crippen molar-refractivity contribution in [1.29, 1.82) is 10.5 Å². The van der Waals surface area contributed by atoms with Gasteiger partial charge in [-0.25, -0.2) is 53.4 Å². The maximum Gasteiger partial charge on any atom is 0.335 e. The molecule has 1 amide bonds. The number of hydrogen-bond donors (Lipinski definition) is 4. The van der Waals surface area contributed by atoms with Crippen LogP contribution in [0.5, 0.6) is 0 Å². The summed E-state index contributed by atoms with van der Waals surface area (Å²) in [5.41, 5.74) is 7.18. The molecule has 14 rings (SSSR count). The third-order valence-electron chi connectivity index (χ3n) is 17.5. The summed E-state index contributed by atoms with van der Waals surface area (Å²) in [6, 6.07) is 24.6. The third-order valence-corrected chi connectivity index (χ3v) is 19.6. The Morgan fingerprint density at radius 2 is 1.01 bits per heavy atom. The Labute approximate surface area is 563 Å². The summed E-state index contributed by atoms with van der Waals surface area (Å²) >= 11 is 2.59. The number of aromatic nitrogens is 10. The van der Waals surface area contributed by atoms with Crippen LogP contribution in [0.3, 0.4) is 0 Å². The first-order valence-electron chi connectivity index (χ1n) is 32.1. The maximum absolute atomic E-state index is 13.5. The van der Waals surface area contributed by atoms with Gasteiger partial charge in [0.1, 0.15) is 85.1 Å². The predicted octanol–water partition coefficient (Wildman–Crippen LogP) is 12.2. The number of halogens is 3. The highest BCUT2D eigenvalue weighted by atomic mass is 32.1. The second-order valence-electron chi connectivity index (χ2n) is 23.9. The van der Waals surface area contributed by atoms with Crippen molar-refractivity contribution in [2.24, 2.45) is 11.8 Å². The molecule has 96 heavy (non-hydrogen) atoms. The normalized spacial score (nSPS) is 15.4. The number of carboxylic acids is 1. The van der Waals surface area contributed by atoms with Crippen LogP contribution in [-0.2, 0) is 35.3 Å². The number of aliphatic hydroxyl groups is 2. The van der Waals surface area contributed by atoms with Gasteiger partial charge in [-0.3, -0.25) is 18.0 Å². The number of thiazole rings is 2. The number of likely N-dealkylation sites (tertiary alicyclic amines) is 1. The SMILES string of the molecule is C.CCc1nc2ccc(-c3cnc(CC4CCN(C(=O)C5(O)CC5)CC4)nc3)cn2c1N(C)c1nc(-c2ccc(F)cc2)c(C#N)s1.CCc1nc2ccc(-c3cnc(CC4CCNCC4)nc3)cn2c1N(C)c1nc(-c2ccc(F)cc2)c(C#N)s1.O=C(O)C1(O)CC1.[2H]CF. The average molecular weight is 1340 g/mol. The van der Waals surface area contributed by atoms with Gasteiger partial charge in [0, 0.05) is 111 Å². The second kappa shape index (κ2) is 30.0. The average Bonchev–Trinajstić information content (AvgIpc) is 1.61. The number of amides is 1. The van der Waals surface area contributed by atoms with Crippen LogP contribution in [0.15, 0.2) is 110 Å². The number of anilines is 4. The fraction of sp³-hybridized carbons (Fsp3) is 0.371. The summed E-state index contributed by atoms with van der Waals surface area (Å²) in [4.78, 5) is 67.0. The van der Waals surface area contributed by atoms with Crippen molar-refractivity contribution < 1.29 is 39.5 Å². The number of hydrogen-bond acceptors (Lipinski definition) is 19. The van der Waals surface area contributed by atoms with Gasteiger partial charge in [0.25, 0.3) is 5.91 Å². The summed E-state index contributed by atoms with van der Waals surface area (Å²) in [5, 5.41) is 51.2. The number of imidazole rings is 2. The largest absolute Gasteiger partial charge is 0.479 e. The van der Waals surface area contributed by atoms with Gasteiger partial charge in [0.2, 0.25) is 0 Å². The van der Waals surface area contributed by atoms with Crippen LogP contribution in [0, 0.1) is 46.1 Å². The van der Waals surface area contributed by atoms with E-state index >= 15 is 0 Å². The smallest absolute Gasteiger partial charge is 0.335 e. The van der Waals surface area contributed by atoms with E-state index in [0.29, 0.717) is 99.6 Å². The molecule has 2 saturated carbocycles. The van der Waals surface area contributed by atoms with Crippen molar-refractivity contribution in [3.05, 3.63) is 154 Å². The van der Waals surface area contributed by atoms with Gasteiger partial charge in [-0.05, 0) is 162 Å². The topological polar surface area (TPSA) is 276 Å². The Bertz CT molecular complexity index is 4480. The van der Waals surface area contributed by atoms with Gasteiger partial charge in [0.15, 0.2) is 15.9 Å². The number of aryl methyl sites for hydroxylation is 2. The molecule has 498 valence electrons. The molecule has 26 heteroatoms. The van der Waals surface area contributed by atoms with Crippen molar-refractivity contribution in [2.75, 3.05) is 57.2 Å². The molecule has 8 aromatic heterocycles. The fourth-order valence-electron chi connectivity index (χ4n) is 11.7. The van der Waals surface area contributed by atoms with Crippen molar-refractivity contribution in [3.63, 3.8) is 0 Å². The van der Waals surface area contributed by atoms with Gasteiger partial charge in [-0.2, -0.15) is 10.5 Å². The lowest BCUT2D eigenvalue weighted by Gasteiger charge is -2.33. The molecule has 0 unspecified atom stereocenters. The summed E-state index contributed by atoms with van der Waals surface area (Å²) in [6.07, 6.45) is 20.7. The van der Waals surface area contributed by atoms with Crippen LogP contribution in [0.1, 0.15) is 107 Å². The summed E-state index contributed by atoms with van der Waals surface area (Å²) in [5.74, 6) is 2.55. The molecule has 0 atom stereocenters. The van der Waals surface area contributed by atoms with E-state index in [1.807, 2.05) is 83.5 Å². The van der Waals surface area contributed by atoms with Crippen LogP contribution >= 0.6 is 22.7 Å². The van der Waals surface area contributed by atoms with Gasteiger partial charge in [0.05, 0.1) is 19.9 Å². The molecule has 10 aromatic rings. The van der Waals surface area contributed by atoms with E-state index < -0.39 is 24.3 Å². The van der Waals surface area contributed by atoms with E-state index in [0.717, 1.165) is 113 Å². The van der Waals surface area contributed by atoms with Crippen molar-refractivity contribution >= 4 is 67.7 Å². The monoisotopic (exact) mass is 1340 g/mol. The van der Waals surface area contributed by atoms with Crippen molar-refractivity contribution in [1.82, 2.24) is 58.9 Å². The highest BCUT2D eigenvalue weighted by molar-refractivity contribution is 7.17. The van der Waals surface area contributed by atoms with Crippen LogP contribution in [0.2, 0.25) is 0 Å². The molecule has 21 nitrogen and oxygen atoms in total. The first kappa shape index (κ1) is 67.8. The van der Waals surface area contributed by atoms with Gasteiger partial charge in [-0.15, -0.1) is 0 Å². The lowest BCUT2D eigenvalue weighted by atomic mass is 9.93. The molecular formula is C70H75F3N16O5S2. The number of carbonyl (C=O) groups is 2. The number of pyridine rings is 2. The third kappa shape index (κ3) is 15.2. The van der Waals surface area contributed by atoms with E-state index in [1.54, 1.807) is 29.2 Å². The molecule has 2 aromatic carbocycles. The summed E-state index contributed by atoms with van der Waals surface area (Å²) in [7, 11) is 2.85. The van der Waals surface area contributed by atoms with Gasteiger partial charge < -0.3 is 35.3 Å². The van der Waals surface area contributed by atoms with E-state index in [4.69, 9.17) is 31.5 Å². The van der Waals surface area contributed by atoms with Gasteiger partial charge in [-0.1, -0.05) is 43.9 Å². The Balaban J connectivity index is 0.000000184. The standard InChI is InChI=1S/C34H33FN8O2S.C30H29FN8S.C4H6O3.CH3F.CH4/c1-3-26-31(41(2)33-40-30(27(17-36)46-33)22-4-7-25(35)8-5-22)43-20-23(6-9-29(43)39-26)24-18-37-28(38-19-24)16-21-10-14-42(15-11-21)32(44)34(45)12-13-34;1-3-24-29(38(2)30-37-28(25(15-32)40-30)20-4-7-23(31)8-5-20)39-18-21(6-9-27(39)36-24)22-16-34-26(35-17-22)14-19-10-12-33-13-11-19;5-3(6)4(7)1-2-4;1-2;/h4-9,18-21,45H,3,10-16H2,1-2H3;4-9,16-19,33H,3,10-14H2,1-2H3;7H,1-2H2,(H,5,6);1H3;1H4/i;;;1D;. The molecule has 2 aliphatic carbocycles.